The van der Waals surface area contributed by atoms with Gasteiger partial charge in [0.25, 0.3) is 0 Å². The second kappa shape index (κ2) is 5.92. The lowest BCUT2D eigenvalue weighted by atomic mass is 9.96. The number of ether oxygens (including phenoxy) is 1. The third kappa shape index (κ3) is 3.09. The summed E-state index contributed by atoms with van der Waals surface area (Å²) in [6, 6.07) is 6.31. The van der Waals surface area contributed by atoms with Gasteiger partial charge in [0.2, 0.25) is 0 Å². The lowest BCUT2D eigenvalue weighted by Gasteiger charge is -2.30. The summed E-state index contributed by atoms with van der Waals surface area (Å²) in [5.41, 5.74) is -0.631. The molecule has 1 N–H and O–H groups in total. The van der Waals surface area contributed by atoms with Crippen LogP contribution in [0.3, 0.4) is 0 Å². The summed E-state index contributed by atoms with van der Waals surface area (Å²) in [5.74, 6) is 0.455. The first kappa shape index (κ1) is 14.3. The Morgan fingerprint density at radius 2 is 2.11 bits per heavy atom. The topological polar surface area (TPSA) is 38.3 Å². The smallest absolute Gasteiger partial charge is 0.327 e. The molecule has 0 amide bonds. The van der Waals surface area contributed by atoms with Crippen LogP contribution in [-0.4, -0.2) is 31.4 Å². The highest BCUT2D eigenvalue weighted by Crippen LogP contribution is 2.42. The molecule has 0 spiro atoms. The third-order valence-electron chi connectivity index (χ3n) is 3.55. The molecule has 0 saturated heterocycles. The Morgan fingerprint density at radius 3 is 2.58 bits per heavy atom. The fraction of sp³-hybridized carbons (Fsp3) is 0.500. The molecule has 0 radical (unpaired) electrons. The Bertz CT molecular complexity index is 447. The molecule has 1 saturated carbocycles. The molecule has 1 unspecified atom stereocenters. The van der Waals surface area contributed by atoms with E-state index in [1.165, 1.54) is 19.2 Å². The highest BCUT2D eigenvalue weighted by atomic mass is 32.2. The summed E-state index contributed by atoms with van der Waals surface area (Å²) < 4.78 is 17.8. The minimum absolute atomic E-state index is 0.216. The Kier molecular flexibility index (Phi) is 4.47. The van der Waals surface area contributed by atoms with Gasteiger partial charge in [0.1, 0.15) is 11.4 Å². The van der Waals surface area contributed by atoms with Crippen LogP contribution in [0.1, 0.15) is 12.8 Å². The molecule has 0 bridgehead atoms. The molecule has 1 atom stereocenters. The number of hydrogen-bond acceptors (Lipinski definition) is 4. The number of benzene rings is 1. The number of carbonyl (C=O) groups excluding carboxylic acids is 1. The van der Waals surface area contributed by atoms with Crippen molar-refractivity contribution >= 4 is 17.7 Å². The fourth-order valence-electron chi connectivity index (χ4n) is 2.21. The Hall–Kier alpha value is -1.07. The van der Waals surface area contributed by atoms with Gasteiger partial charge in [-0.2, -0.15) is 0 Å². The maximum atomic E-state index is 12.9. The summed E-state index contributed by atoms with van der Waals surface area (Å²) >= 11 is 1.54. The van der Waals surface area contributed by atoms with E-state index in [9.17, 15) is 9.18 Å². The van der Waals surface area contributed by atoms with Crippen molar-refractivity contribution in [3.8, 4) is 0 Å². The molecule has 104 valence electrons. The van der Waals surface area contributed by atoms with Crippen LogP contribution in [0, 0.1) is 11.7 Å². The molecule has 1 aliphatic rings. The maximum absolute atomic E-state index is 12.9. The first-order chi connectivity index (χ1) is 9.12. The molecule has 1 aromatic rings. The van der Waals surface area contributed by atoms with Gasteiger partial charge in [-0.15, -0.1) is 11.8 Å². The number of rotatable bonds is 6. The minimum Gasteiger partial charge on any atom is -0.468 e. The van der Waals surface area contributed by atoms with Gasteiger partial charge in [0.05, 0.1) is 7.11 Å². The molecule has 3 nitrogen and oxygen atoms in total. The van der Waals surface area contributed by atoms with Crippen LogP contribution in [0.4, 0.5) is 4.39 Å². The van der Waals surface area contributed by atoms with Crippen LogP contribution in [0.2, 0.25) is 0 Å². The second-order valence-electron chi connectivity index (χ2n) is 4.73. The van der Waals surface area contributed by atoms with Gasteiger partial charge >= 0.3 is 5.97 Å². The van der Waals surface area contributed by atoms with Gasteiger partial charge in [0, 0.05) is 10.6 Å². The number of hydrogen-bond donors (Lipinski definition) is 1. The molecule has 1 aromatic carbocycles. The third-order valence-corrected chi connectivity index (χ3v) is 4.76. The van der Waals surface area contributed by atoms with Gasteiger partial charge in [-0.1, -0.05) is 0 Å². The van der Waals surface area contributed by atoms with Gasteiger partial charge < -0.3 is 10.1 Å². The highest BCUT2D eigenvalue weighted by Gasteiger charge is 2.50. The molecule has 1 fully saturated rings. The summed E-state index contributed by atoms with van der Waals surface area (Å²) in [5, 5.41) is 3.14. The number of likely N-dealkylation sites (N-methyl/N-ethyl adjacent to an activating group) is 1. The van der Waals surface area contributed by atoms with Crippen molar-refractivity contribution in [2.24, 2.45) is 5.92 Å². The van der Waals surface area contributed by atoms with Crippen molar-refractivity contribution in [3.05, 3.63) is 30.1 Å². The minimum atomic E-state index is -0.631. The van der Waals surface area contributed by atoms with Gasteiger partial charge in [-0.3, -0.25) is 4.79 Å². The Labute approximate surface area is 116 Å². The second-order valence-corrected chi connectivity index (χ2v) is 5.78. The lowest BCUT2D eigenvalue weighted by Crippen LogP contribution is -2.55. The van der Waals surface area contributed by atoms with Crippen LogP contribution >= 0.6 is 11.8 Å². The average Bonchev–Trinajstić information content (AvgIpc) is 3.26. The van der Waals surface area contributed by atoms with E-state index in [1.54, 1.807) is 30.9 Å². The van der Waals surface area contributed by atoms with E-state index in [0.717, 1.165) is 17.7 Å². The Morgan fingerprint density at radius 1 is 1.47 bits per heavy atom. The zero-order chi connectivity index (χ0) is 13.9. The first-order valence-corrected chi connectivity index (χ1v) is 7.26. The molecular weight excluding hydrogens is 265 g/mol. The standard InChI is InChI=1S/C14H18FNO2S/c1-16-14(10-3-4-10,13(17)18-2)9-19-12-7-5-11(15)6-8-12/h5-8,10,16H,3-4,9H2,1-2H3. The summed E-state index contributed by atoms with van der Waals surface area (Å²) in [6.45, 7) is 0. The SMILES string of the molecule is CNC(CSc1ccc(F)cc1)(C(=O)OC)C1CC1. The van der Waals surface area contributed by atoms with E-state index < -0.39 is 5.54 Å². The number of esters is 1. The van der Waals surface area contributed by atoms with Crippen molar-refractivity contribution in [3.63, 3.8) is 0 Å². The van der Waals surface area contributed by atoms with Crippen molar-refractivity contribution in [1.82, 2.24) is 5.32 Å². The molecule has 19 heavy (non-hydrogen) atoms. The van der Waals surface area contributed by atoms with Gasteiger partial charge in [0.15, 0.2) is 0 Å². The van der Waals surface area contributed by atoms with Crippen molar-refractivity contribution in [2.75, 3.05) is 19.9 Å². The van der Waals surface area contributed by atoms with E-state index in [-0.39, 0.29) is 11.8 Å². The highest BCUT2D eigenvalue weighted by molar-refractivity contribution is 7.99. The van der Waals surface area contributed by atoms with Crippen LogP contribution in [0.15, 0.2) is 29.2 Å². The van der Waals surface area contributed by atoms with Crippen LogP contribution in [-0.2, 0) is 9.53 Å². The largest absolute Gasteiger partial charge is 0.468 e. The lowest BCUT2D eigenvalue weighted by molar-refractivity contribution is -0.148. The monoisotopic (exact) mass is 283 g/mol. The molecule has 2 rings (SSSR count). The van der Waals surface area contributed by atoms with Gasteiger partial charge in [-0.05, 0) is 50.1 Å². The van der Waals surface area contributed by atoms with Crippen LogP contribution in [0.25, 0.3) is 0 Å². The van der Waals surface area contributed by atoms with E-state index in [2.05, 4.69) is 5.32 Å². The average molecular weight is 283 g/mol. The van der Waals surface area contributed by atoms with Crippen LogP contribution < -0.4 is 5.32 Å². The normalized spacial score (nSPS) is 17.8. The predicted octanol–water partition coefficient (Wildman–Crippen LogP) is 2.46. The number of thioether (sulfide) groups is 1. The summed E-state index contributed by atoms with van der Waals surface area (Å²) in [4.78, 5) is 13.0. The van der Waals surface area contributed by atoms with Crippen molar-refractivity contribution in [2.45, 2.75) is 23.3 Å². The van der Waals surface area contributed by atoms with Crippen LogP contribution in [0.5, 0.6) is 0 Å². The quantitative estimate of drug-likeness (QED) is 0.643. The number of halogens is 1. The van der Waals surface area contributed by atoms with E-state index in [0.29, 0.717) is 11.7 Å². The Balaban J connectivity index is 2.08. The molecule has 0 heterocycles. The zero-order valence-electron chi connectivity index (χ0n) is 11.1. The molecule has 0 aromatic heterocycles. The van der Waals surface area contributed by atoms with E-state index in [1.807, 2.05) is 0 Å². The number of methoxy groups -OCH3 is 1. The van der Waals surface area contributed by atoms with E-state index in [4.69, 9.17) is 4.74 Å². The molecule has 1 aliphatic carbocycles. The van der Waals surface area contributed by atoms with Crippen molar-refractivity contribution < 1.29 is 13.9 Å². The molecule has 0 aliphatic heterocycles. The summed E-state index contributed by atoms with van der Waals surface area (Å²) in [7, 11) is 3.21. The predicted molar refractivity (Wildman–Crippen MR) is 73.7 cm³/mol. The zero-order valence-corrected chi connectivity index (χ0v) is 11.9. The summed E-state index contributed by atoms with van der Waals surface area (Å²) in [6.07, 6.45) is 2.08. The number of nitrogens with one attached hydrogen (secondary N) is 1. The molecular formula is C14H18FNO2S. The fourth-order valence-corrected chi connectivity index (χ4v) is 3.43. The van der Waals surface area contributed by atoms with Crippen molar-refractivity contribution in [1.29, 1.82) is 0 Å². The maximum Gasteiger partial charge on any atom is 0.327 e. The first-order valence-electron chi connectivity index (χ1n) is 6.28. The van der Waals surface area contributed by atoms with Gasteiger partial charge in [-0.25, -0.2) is 4.39 Å². The molecule has 5 heteroatoms. The van der Waals surface area contributed by atoms with E-state index >= 15 is 0 Å². The number of carbonyl (C=O) groups is 1.